The van der Waals surface area contributed by atoms with Crippen LogP contribution in [0.3, 0.4) is 0 Å². The van der Waals surface area contributed by atoms with Crippen LogP contribution in [-0.4, -0.2) is 37.2 Å². The second kappa shape index (κ2) is 69.5. The summed E-state index contributed by atoms with van der Waals surface area (Å²) >= 11 is 0. The van der Waals surface area contributed by atoms with Gasteiger partial charge in [0.2, 0.25) is 0 Å². The molecular weight excluding hydrogens is 1020 g/mol. The van der Waals surface area contributed by atoms with Crippen LogP contribution in [-0.2, 0) is 28.6 Å². The van der Waals surface area contributed by atoms with Crippen LogP contribution in [0.1, 0.15) is 290 Å². The fraction of sp³-hybridized carbons (Fsp3) is 0.623. The van der Waals surface area contributed by atoms with Gasteiger partial charge in [-0.2, -0.15) is 0 Å². The molecule has 0 saturated carbocycles. The van der Waals surface area contributed by atoms with E-state index in [-0.39, 0.29) is 44.0 Å². The fourth-order valence-corrected chi connectivity index (χ4v) is 9.00. The lowest BCUT2D eigenvalue weighted by molar-refractivity contribution is -0.166. The van der Waals surface area contributed by atoms with Gasteiger partial charge in [0.1, 0.15) is 13.2 Å². The van der Waals surface area contributed by atoms with Gasteiger partial charge in [-0.05, 0) is 135 Å². The molecular formula is C77H124O6. The van der Waals surface area contributed by atoms with Crippen molar-refractivity contribution in [2.75, 3.05) is 13.2 Å². The normalized spacial score (nSPS) is 13.1. The zero-order chi connectivity index (χ0) is 59.9. The van der Waals surface area contributed by atoms with Gasteiger partial charge in [-0.25, -0.2) is 0 Å². The Bertz CT molecular complexity index is 1840. The Labute approximate surface area is 511 Å². The standard InChI is InChI=1S/C77H124O6/c1-4-7-10-13-16-19-22-25-27-29-31-33-34-35-36-37-38-39-40-41-42-44-45-47-49-52-55-58-61-64-67-70-76(79)82-73-74(72-81-75(78)69-66-63-60-57-54-51-24-21-18-15-12-9-6-3)83-77(80)71-68-65-62-59-56-53-50-48-46-43-32-30-28-26-23-20-17-14-11-8-5-2/h8-9,11-12,17-18,20-22,25-26,28-29,31-32,34-35,43,48,50-51,54,56,59-60,63,74H,4-7,10,13-16,19,23-24,27,30,33,36-42,44-47,49,52-53,55,57-58,61-62,64-73H2,1-3H3/b11-8-,12-9-,20-17-,21-18-,25-22-,28-26-,31-29-,35-34-,43-32-,50-48-,54-51-,59-56-,63-60-. The van der Waals surface area contributed by atoms with Gasteiger partial charge in [0.25, 0.3) is 0 Å². The Morgan fingerprint density at radius 3 is 0.831 bits per heavy atom. The maximum absolute atomic E-state index is 12.9. The molecule has 0 aliphatic heterocycles. The molecule has 0 saturated heterocycles. The van der Waals surface area contributed by atoms with Crippen LogP contribution in [0.5, 0.6) is 0 Å². The quantitative estimate of drug-likeness (QED) is 0.0261. The largest absolute Gasteiger partial charge is 0.462 e. The van der Waals surface area contributed by atoms with E-state index in [2.05, 4.69) is 167 Å². The van der Waals surface area contributed by atoms with Gasteiger partial charge in [0.15, 0.2) is 6.10 Å². The molecule has 0 rings (SSSR count). The van der Waals surface area contributed by atoms with Crippen LogP contribution < -0.4 is 0 Å². The van der Waals surface area contributed by atoms with Crippen molar-refractivity contribution in [3.8, 4) is 0 Å². The molecule has 0 aliphatic rings. The molecule has 0 aromatic carbocycles. The minimum atomic E-state index is -0.838. The first-order chi connectivity index (χ1) is 41.0. The predicted octanol–water partition coefficient (Wildman–Crippen LogP) is 23.7. The average Bonchev–Trinajstić information content (AvgIpc) is 3.49. The Hall–Kier alpha value is -4.97. The van der Waals surface area contributed by atoms with Gasteiger partial charge in [-0.1, -0.05) is 294 Å². The molecule has 0 aliphatic carbocycles. The van der Waals surface area contributed by atoms with Crippen LogP contribution >= 0.6 is 0 Å². The van der Waals surface area contributed by atoms with E-state index in [1.165, 1.54) is 128 Å². The monoisotopic (exact) mass is 1140 g/mol. The zero-order valence-electron chi connectivity index (χ0n) is 53.7. The minimum Gasteiger partial charge on any atom is -0.462 e. The van der Waals surface area contributed by atoms with E-state index in [0.29, 0.717) is 19.3 Å². The highest BCUT2D eigenvalue weighted by atomic mass is 16.6. The van der Waals surface area contributed by atoms with Crippen LogP contribution in [0.4, 0.5) is 0 Å². The summed E-state index contributed by atoms with van der Waals surface area (Å²) in [7, 11) is 0. The highest BCUT2D eigenvalue weighted by Crippen LogP contribution is 2.16. The number of carbonyl (C=O) groups is 3. The third-order valence-corrected chi connectivity index (χ3v) is 14.0. The number of hydrogen-bond donors (Lipinski definition) is 0. The summed E-state index contributed by atoms with van der Waals surface area (Å²) in [5.74, 6) is -1.05. The number of unbranched alkanes of at least 4 members (excludes halogenated alkanes) is 23. The van der Waals surface area contributed by atoms with Crippen molar-refractivity contribution in [1.29, 1.82) is 0 Å². The van der Waals surface area contributed by atoms with E-state index >= 15 is 0 Å². The second-order valence-electron chi connectivity index (χ2n) is 22.0. The van der Waals surface area contributed by atoms with Crippen LogP contribution in [0, 0.1) is 0 Å². The number of rotatable bonds is 60. The van der Waals surface area contributed by atoms with Crippen molar-refractivity contribution in [2.45, 2.75) is 297 Å². The van der Waals surface area contributed by atoms with E-state index in [1.807, 2.05) is 12.2 Å². The SMILES string of the molecule is CC/C=C\C/C=C\C/C=C\C/C=C\C/C=C\C/C=C\CCCCC(=O)OC(COC(=O)CC/C=C\C/C=C\C/C=C\C/C=C\CC)COC(=O)CCCCCCCCCCCCCCCCCC/C=C\C/C=C\C/C=C\CCCCCCC. The molecule has 1 unspecified atom stereocenters. The van der Waals surface area contributed by atoms with Gasteiger partial charge < -0.3 is 14.2 Å². The predicted molar refractivity (Wildman–Crippen MR) is 362 cm³/mol. The Morgan fingerprint density at radius 1 is 0.253 bits per heavy atom. The first-order valence-corrected chi connectivity index (χ1v) is 34.0. The molecule has 0 fully saturated rings. The average molecular weight is 1150 g/mol. The Kier molecular flexibility index (Phi) is 65.4. The summed E-state index contributed by atoms with van der Waals surface area (Å²) in [6, 6.07) is 0. The molecule has 468 valence electrons. The van der Waals surface area contributed by atoms with Gasteiger partial charge in [-0.3, -0.25) is 14.4 Å². The van der Waals surface area contributed by atoms with E-state index in [9.17, 15) is 14.4 Å². The second-order valence-corrected chi connectivity index (χ2v) is 22.0. The summed E-state index contributed by atoms with van der Waals surface area (Å²) < 4.78 is 16.8. The van der Waals surface area contributed by atoms with Gasteiger partial charge >= 0.3 is 17.9 Å². The topological polar surface area (TPSA) is 78.9 Å². The van der Waals surface area contributed by atoms with Gasteiger partial charge in [0, 0.05) is 19.3 Å². The molecule has 83 heavy (non-hydrogen) atoms. The molecule has 0 N–H and O–H groups in total. The lowest BCUT2D eigenvalue weighted by Crippen LogP contribution is -2.30. The molecule has 0 radical (unpaired) electrons. The summed E-state index contributed by atoms with van der Waals surface area (Å²) in [6.07, 6.45) is 101. The molecule has 0 aromatic heterocycles. The summed E-state index contributed by atoms with van der Waals surface area (Å²) in [6.45, 7) is 6.30. The molecule has 0 spiro atoms. The Balaban J connectivity index is 4.35. The number of carbonyl (C=O) groups excluding carboxylic acids is 3. The number of esters is 3. The van der Waals surface area contributed by atoms with Crippen molar-refractivity contribution >= 4 is 17.9 Å². The van der Waals surface area contributed by atoms with E-state index < -0.39 is 6.10 Å². The van der Waals surface area contributed by atoms with Crippen molar-refractivity contribution in [2.24, 2.45) is 0 Å². The van der Waals surface area contributed by atoms with E-state index in [4.69, 9.17) is 14.2 Å². The van der Waals surface area contributed by atoms with Crippen molar-refractivity contribution in [3.63, 3.8) is 0 Å². The van der Waals surface area contributed by atoms with Crippen molar-refractivity contribution in [1.82, 2.24) is 0 Å². The highest BCUT2D eigenvalue weighted by molar-refractivity contribution is 5.71. The molecule has 6 nitrogen and oxygen atoms in total. The molecule has 1 atom stereocenters. The molecule has 0 aromatic rings. The van der Waals surface area contributed by atoms with E-state index in [1.54, 1.807) is 0 Å². The summed E-state index contributed by atoms with van der Waals surface area (Å²) in [5.41, 5.74) is 0. The van der Waals surface area contributed by atoms with Gasteiger partial charge in [-0.15, -0.1) is 0 Å². The van der Waals surface area contributed by atoms with Crippen molar-refractivity contribution in [3.05, 3.63) is 158 Å². The van der Waals surface area contributed by atoms with Crippen LogP contribution in [0.2, 0.25) is 0 Å². The van der Waals surface area contributed by atoms with E-state index in [0.717, 1.165) is 109 Å². The fourth-order valence-electron chi connectivity index (χ4n) is 9.00. The molecule has 0 amide bonds. The Morgan fingerprint density at radius 2 is 0.494 bits per heavy atom. The number of hydrogen-bond acceptors (Lipinski definition) is 6. The van der Waals surface area contributed by atoms with Crippen LogP contribution in [0.15, 0.2) is 158 Å². The maximum atomic E-state index is 12.9. The molecule has 0 heterocycles. The minimum absolute atomic E-state index is 0.123. The number of ether oxygens (including phenoxy) is 3. The van der Waals surface area contributed by atoms with Crippen LogP contribution in [0.25, 0.3) is 0 Å². The summed E-state index contributed by atoms with van der Waals surface area (Å²) in [5, 5.41) is 0. The third-order valence-electron chi connectivity index (χ3n) is 14.0. The zero-order valence-corrected chi connectivity index (χ0v) is 53.7. The molecule has 0 bridgehead atoms. The highest BCUT2D eigenvalue weighted by Gasteiger charge is 2.19. The third kappa shape index (κ3) is 67.7. The number of allylic oxidation sites excluding steroid dienone is 26. The maximum Gasteiger partial charge on any atom is 0.306 e. The smallest absolute Gasteiger partial charge is 0.306 e. The lowest BCUT2D eigenvalue weighted by atomic mass is 10.0. The lowest BCUT2D eigenvalue weighted by Gasteiger charge is -2.18. The summed E-state index contributed by atoms with van der Waals surface area (Å²) in [4.78, 5) is 38.3. The van der Waals surface area contributed by atoms with Crippen molar-refractivity contribution < 1.29 is 28.6 Å². The first kappa shape index (κ1) is 78.0. The first-order valence-electron chi connectivity index (χ1n) is 34.0. The molecule has 6 heteroatoms. The van der Waals surface area contributed by atoms with Gasteiger partial charge in [0.05, 0.1) is 0 Å².